The van der Waals surface area contributed by atoms with E-state index >= 15 is 0 Å². The van der Waals surface area contributed by atoms with Gasteiger partial charge in [0.2, 0.25) is 5.91 Å². The van der Waals surface area contributed by atoms with E-state index in [-0.39, 0.29) is 30.1 Å². The van der Waals surface area contributed by atoms with Crippen LogP contribution in [0.25, 0.3) is 0 Å². The van der Waals surface area contributed by atoms with Gasteiger partial charge in [0, 0.05) is 17.7 Å². The molecule has 0 spiro atoms. The molecule has 1 amide bonds. The molecule has 1 unspecified atom stereocenters. The minimum absolute atomic E-state index is 0.00149. The fourth-order valence-electron chi connectivity index (χ4n) is 2.56. The van der Waals surface area contributed by atoms with Crippen LogP contribution in [0.4, 0.5) is 5.69 Å². The number of nitrogens with zero attached hydrogens (tertiary/aromatic N) is 1. The number of rotatable bonds is 4. The van der Waals surface area contributed by atoms with Gasteiger partial charge in [0.1, 0.15) is 0 Å². The van der Waals surface area contributed by atoms with Gasteiger partial charge in [-0.15, -0.1) is 0 Å². The molecule has 6 heteroatoms. The molecular formula is C14H19NO4S. The van der Waals surface area contributed by atoms with Crippen LogP contribution in [0.5, 0.6) is 0 Å². The second kappa shape index (κ2) is 5.93. The van der Waals surface area contributed by atoms with Gasteiger partial charge in [-0.25, -0.2) is 8.42 Å². The average molecular weight is 297 g/mol. The SMILES string of the molecule is CCC(=O)N(c1ccccc1CO)C1CCS(=O)(=O)C1. The summed E-state index contributed by atoms with van der Waals surface area (Å²) < 4.78 is 23.3. The van der Waals surface area contributed by atoms with Crippen molar-refractivity contribution in [3.8, 4) is 0 Å². The van der Waals surface area contributed by atoms with E-state index in [1.165, 1.54) is 0 Å². The number of benzene rings is 1. The molecule has 1 heterocycles. The Labute approximate surface area is 119 Å². The molecule has 0 saturated carbocycles. The highest BCUT2D eigenvalue weighted by Crippen LogP contribution is 2.28. The number of aliphatic hydroxyl groups excluding tert-OH is 1. The van der Waals surface area contributed by atoms with E-state index in [0.29, 0.717) is 24.1 Å². The predicted octanol–water partition coefficient (Wildman–Crippen LogP) is 1.11. The molecule has 1 fully saturated rings. The van der Waals surface area contributed by atoms with Crippen LogP contribution in [0, 0.1) is 0 Å². The zero-order valence-corrected chi connectivity index (χ0v) is 12.3. The smallest absolute Gasteiger partial charge is 0.227 e. The standard InChI is InChI=1S/C14H19NO4S/c1-2-14(17)15(12-7-8-20(18,19)10-12)13-6-4-3-5-11(13)9-16/h3-6,12,16H,2,7-10H2,1H3. The van der Waals surface area contributed by atoms with Crippen molar-refractivity contribution in [2.75, 3.05) is 16.4 Å². The molecular weight excluding hydrogens is 278 g/mol. The van der Waals surface area contributed by atoms with Crippen molar-refractivity contribution in [3.05, 3.63) is 29.8 Å². The van der Waals surface area contributed by atoms with Crippen molar-refractivity contribution < 1.29 is 18.3 Å². The lowest BCUT2D eigenvalue weighted by molar-refractivity contribution is -0.118. The molecule has 1 aliphatic heterocycles. The third kappa shape index (κ3) is 3.02. The summed E-state index contributed by atoms with van der Waals surface area (Å²) in [6, 6.07) is 6.74. The maximum atomic E-state index is 12.2. The molecule has 0 aromatic heterocycles. The number of amides is 1. The summed E-state index contributed by atoms with van der Waals surface area (Å²) in [6.45, 7) is 1.57. The lowest BCUT2D eigenvalue weighted by atomic mass is 10.1. The van der Waals surface area contributed by atoms with Gasteiger partial charge in [-0.1, -0.05) is 25.1 Å². The van der Waals surface area contributed by atoms with Crippen molar-refractivity contribution in [2.24, 2.45) is 0 Å². The third-order valence-electron chi connectivity index (χ3n) is 3.57. The fraction of sp³-hybridized carbons (Fsp3) is 0.500. The molecule has 1 aromatic carbocycles. The van der Waals surface area contributed by atoms with E-state index < -0.39 is 9.84 Å². The van der Waals surface area contributed by atoms with Crippen LogP contribution in [-0.2, 0) is 21.2 Å². The Balaban J connectivity index is 2.41. The normalized spacial score (nSPS) is 20.8. The van der Waals surface area contributed by atoms with Gasteiger partial charge < -0.3 is 10.0 Å². The van der Waals surface area contributed by atoms with Crippen LogP contribution < -0.4 is 4.90 Å². The number of carbonyl (C=O) groups is 1. The Kier molecular flexibility index (Phi) is 4.45. The first kappa shape index (κ1) is 15.0. The van der Waals surface area contributed by atoms with Crippen LogP contribution in [0.2, 0.25) is 0 Å². The Bertz CT molecular complexity index is 597. The molecule has 0 aliphatic carbocycles. The first-order chi connectivity index (χ1) is 9.48. The first-order valence-corrected chi connectivity index (χ1v) is 8.52. The first-order valence-electron chi connectivity index (χ1n) is 6.69. The molecule has 0 radical (unpaired) electrons. The van der Waals surface area contributed by atoms with Crippen molar-refractivity contribution in [2.45, 2.75) is 32.4 Å². The molecule has 5 nitrogen and oxygen atoms in total. The second-order valence-electron chi connectivity index (χ2n) is 4.96. The number of para-hydroxylation sites is 1. The van der Waals surface area contributed by atoms with Crippen molar-refractivity contribution >= 4 is 21.4 Å². The fourth-order valence-corrected chi connectivity index (χ4v) is 4.26. The lowest BCUT2D eigenvalue weighted by Gasteiger charge is -2.29. The van der Waals surface area contributed by atoms with Crippen LogP contribution in [-0.4, -0.2) is 37.0 Å². The van der Waals surface area contributed by atoms with Crippen molar-refractivity contribution in [1.29, 1.82) is 0 Å². The summed E-state index contributed by atoms with van der Waals surface area (Å²) in [6.07, 6.45) is 0.754. The van der Waals surface area contributed by atoms with Crippen molar-refractivity contribution in [1.82, 2.24) is 0 Å². The van der Waals surface area contributed by atoms with Crippen LogP contribution >= 0.6 is 0 Å². The molecule has 1 atom stereocenters. The number of anilines is 1. The summed E-state index contributed by atoms with van der Waals surface area (Å²) in [5, 5.41) is 9.41. The van der Waals surface area contributed by atoms with Gasteiger partial charge in [0.15, 0.2) is 9.84 Å². The maximum absolute atomic E-state index is 12.2. The van der Waals surface area contributed by atoms with Gasteiger partial charge in [0.05, 0.1) is 24.2 Å². The molecule has 2 rings (SSSR count). The predicted molar refractivity (Wildman–Crippen MR) is 77.2 cm³/mol. The number of sulfone groups is 1. The summed E-state index contributed by atoms with van der Waals surface area (Å²) in [4.78, 5) is 13.8. The van der Waals surface area contributed by atoms with E-state index in [9.17, 15) is 18.3 Å². The highest BCUT2D eigenvalue weighted by Gasteiger charge is 2.35. The lowest BCUT2D eigenvalue weighted by Crippen LogP contribution is -2.41. The monoisotopic (exact) mass is 297 g/mol. The number of carbonyl (C=O) groups excluding carboxylic acids is 1. The molecule has 1 N–H and O–H groups in total. The largest absolute Gasteiger partial charge is 0.392 e. The topological polar surface area (TPSA) is 74.7 Å². The average Bonchev–Trinajstić information content (AvgIpc) is 2.79. The summed E-state index contributed by atoms with van der Waals surface area (Å²) >= 11 is 0. The van der Waals surface area contributed by atoms with E-state index in [2.05, 4.69) is 0 Å². The Morgan fingerprint density at radius 2 is 2.10 bits per heavy atom. The summed E-state index contributed by atoms with van der Waals surface area (Å²) in [5.41, 5.74) is 1.25. The molecule has 1 aromatic rings. The Hall–Kier alpha value is -1.40. The van der Waals surface area contributed by atoms with Crippen LogP contribution in [0.3, 0.4) is 0 Å². The molecule has 1 aliphatic rings. The van der Waals surface area contributed by atoms with E-state index in [0.717, 1.165) is 0 Å². The quantitative estimate of drug-likeness (QED) is 0.903. The van der Waals surface area contributed by atoms with E-state index in [1.54, 1.807) is 36.1 Å². The number of hydrogen-bond acceptors (Lipinski definition) is 4. The highest BCUT2D eigenvalue weighted by molar-refractivity contribution is 7.91. The second-order valence-corrected chi connectivity index (χ2v) is 7.19. The Morgan fingerprint density at radius 1 is 1.40 bits per heavy atom. The number of hydrogen-bond donors (Lipinski definition) is 1. The molecule has 20 heavy (non-hydrogen) atoms. The Morgan fingerprint density at radius 3 is 2.65 bits per heavy atom. The number of aliphatic hydroxyl groups is 1. The minimum Gasteiger partial charge on any atom is -0.392 e. The van der Waals surface area contributed by atoms with Crippen molar-refractivity contribution in [3.63, 3.8) is 0 Å². The van der Waals surface area contributed by atoms with E-state index in [4.69, 9.17) is 0 Å². The highest BCUT2D eigenvalue weighted by atomic mass is 32.2. The molecule has 0 bridgehead atoms. The van der Waals surface area contributed by atoms with E-state index in [1.807, 2.05) is 0 Å². The van der Waals surface area contributed by atoms with Crippen LogP contribution in [0.1, 0.15) is 25.3 Å². The zero-order valence-electron chi connectivity index (χ0n) is 11.4. The maximum Gasteiger partial charge on any atom is 0.227 e. The summed E-state index contributed by atoms with van der Waals surface area (Å²) in [5.74, 6) is -0.00157. The minimum atomic E-state index is -3.07. The molecule has 1 saturated heterocycles. The van der Waals surface area contributed by atoms with Gasteiger partial charge in [-0.3, -0.25) is 4.79 Å². The molecule has 110 valence electrons. The van der Waals surface area contributed by atoms with Gasteiger partial charge in [0.25, 0.3) is 0 Å². The summed E-state index contributed by atoms with van der Waals surface area (Å²) in [7, 11) is -3.07. The van der Waals surface area contributed by atoms with Crippen LogP contribution in [0.15, 0.2) is 24.3 Å². The zero-order chi connectivity index (χ0) is 14.8. The van der Waals surface area contributed by atoms with Gasteiger partial charge in [-0.05, 0) is 12.5 Å². The third-order valence-corrected chi connectivity index (χ3v) is 5.32. The van der Waals surface area contributed by atoms with Gasteiger partial charge >= 0.3 is 0 Å². The van der Waals surface area contributed by atoms with Gasteiger partial charge in [-0.2, -0.15) is 0 Å².